The van der Waals surface area contributed by atoms with E-state index in [4.69, 9.17) is 0 Å². The molecule has 1 aromatic heterocycles. The van der Waals surface area contributed by atoms with Gasteiger partial charge in [-0.3, -0.25) is 0 Å². The molecule has 0 bridgehead atoms. The summed E-state index contributed by atoms with van der Waals surface area (Å²) in [5.74, 6) is -1.13. The number of carboxylic acid groups (broad SMARTS) is 1. The van der Waals surface area contributed by atoms with Gasteiger partial charge in [-0.1, -0.05) is 31.2 Å². The van der Waals surface area contributed by atoms with Crippen LogP contribution in [0.3, 0.4) is 0 Å². The highest BCUT2D eigenvalue weighted by atomic mass is 16.4. The maximum Gasteiger partial charge on any atom is 0.0715 e. The Morgan fingerprint density at radius 3 is 2.58 bits per heavy atom. The summed E-state index contributed by atoms with van der Waals surface area (Å²) in [7, 11) is 0. The average Bonchev–Trinajstić information content (AvgIpc) is 2.74. The molecule has 0 atom stereocenters. The van der Waals surface area contributed by atoms with Crippen molar-refractivity contribution in [3.8, 4) is 0 Å². The Kier molecular flexibility index (Phi) is 2.75. The van der Waals surface area contributed by atoms with E-state index >= 15 is 0 Å². The number of carboxylic acids is 1. The van der Waals surface area contributed by atoms with Crippen LogP contribution in [0, 0.1) is 0 Å². The van der Waals surface area contributed by atoms with Gasteiger partial charge in [-0.2, -0.15) is 0 Å². The lowest BCUT2D eigenvalue weighted by Crippen LogP contribution is -2.21. The van der Waals surface area contributed by atoms with Gasteiger partial charge in [-0.05, 0) is 30.2 Å². The third-order valence-corrected chi connectivity index (χ3v) is 3.46. The first kappa shape index (κ1) is 11.8. The zero-order chi connectivity index (χ0) is 13.4. The van der Waals surface area contributed by atoms with Crippen LogP contribution in [0.15, 0.2) is 42.5 Å². The lowest BCUT2D eigenvalue weighted by molar-refractivity contribution is -0.255. The van der Waals surface area contributed by atoms with E-state index in [2.05, 4.69) is 17.6 Å². The first-order valence-electron chi connectivity index (χ1n) is 6.44. The highest BCUT2D eigenvalue weighted by Gasteiger charge is 2.10. The molecule has 0 aliphatic heterocycles. The fraction of sp³-hybridized carbons (Fsp3) is 0.188. The normalized spacial score (nSPS) is 11.2. The van der Waals surface area contributed by atoms with Gasteiger partial charge in [0.25, 0.3) is 0 Å². The van der Waals surface area contributed by atoms with Gasteiger partial charge in [0.05, 0.1) is 5.97 Å². The van der Waals surface area contributed by atoms with Crippen LogP contribution in [-0.4, -0.2) is 10.5 Å². The molecule has 3 nitrogen and oxygen atoms in total. The molecule has 0 aliphatic rings. The summed E-state index contributed by atoms with van der Waals surface area (Å²) in [6, 6.07) is 13.3. The van der Waals surface area contributed by atoms with Gasteiger partial charge in [0, 0.05) is 28.4 Å². The number of benzene rings is 2. The Morgan fingerprint density at radius 1 is 1.11 bits per heavy atom. The Balaban J connectivity index is 2.41. The highest BCUT2D eigenvalue weighted by molar-refractivity contribution is 6.09. The molecule has 0 aliphatic carbocycles. The van der Waals surface area contributed by atoms with E-state index in [1.54, 1.807) is 12.1 Å². The fourth-order valence-electron chi connectivity index (χ4n) is 2.65. The molecular weight excluding hydrogens is 238 g/mol. The third-order valence-electron chi connectivity index (χ3n) is 3.46. The average molecular weight is 252 g/mol. The van der Waals surface area contributed by atoms with E-state index in [0.29, 0.717) is 0 Å². The second-order valence-corrected chi connectivity index (χ2v) is 4.69. The van der Waals surface area contributed by atoms with Crippen molar-refractivity contribution in [2.45, 2.75) is 19.9 Å². The molecule has 0 N–H and O–H groups in total. The minimum absolute atomic E-state index is 0.229. The summed E-state index contributed by atoms with van der Waals surface area (Å²) in [5.41, 5.74) is 2.45. The molecule has 19 heavy (non-hydrogen) atoms. The number of hydrogen-bond acceptors (Lipinski definition) is 2. The molecule has 2 aromatic carbocycles. The van der Waals surface area contributed by atoms with Crippen LogP contribution < -0.4 is 5.11 Å². The molecule has 1 heterocycles. The van der Waals surface area contributed by atoms with Crippen LogP contribution in [0.1, 0.15) is 23.7 Å². The van der Waals surface area contributed by atoms with Gasteiger partial charge in [0.15, 0.2) is 0 Å². The van der Waals surface area contributed by atoms with E-state index in [-0.39, 0.29) is 5.56 Å². The van der Waals surface area contributed by atoms with E-state index in [9.17, 15) is 9.90 Å². The van der Waals surface area contributed by atoms with Crippen molar-refractivity contribution in [3.05, 3.63) is 48.0 Å². The van der Waals surface area contributed by atoms with E-state index < -0.39 is 5.97 Å². The third kappa shape index (κ3) is 1.78. The van der Waals surface area contributed by atoms with Crippen LogP contribution in [0.25, 0.3) is 21.8 Å². The number of carbonyl (C=O) groups excluding carboxylic acids is 1. The van der Waals surface area contributed by atoms with Crippen LogP contribution in [-0.2, 0) is 6.54 Å². The topological polar surface area (TPSA) is 45.1 Å². The van der Waals surface area contributed by atoms with Crippen LogP contribution in [0.4, 0.5) is 0 Å². The molecule has 0 amide bonds. The maximum absolute atomic E-state index is 11.0. The zero-order valence-electron chi connectivity index (χ0n) is 10.7. The Morgan fingerprint density at radius 2 is 1.84 bits per heavy atom. The van der Waals surface area contributed by atoms with E-state index in [0.717, 1.165) is 34.8 Å². The van der Waals surface area contributed by atoms with Crippen molar-refractivity contribution in [2.24, 2.45) is 0 Å². The smallest absolute Gasteiger partial charge is 0.0715 e. The lowest BCUT2D eigenvalue weighted by atomic mass is 10.1. The molecule has 0 saturated heterocycles. The highest BCUT2D eigenvalue weighted by Crippen LogP contribution is 2.29. The minimum atomic E-state index is -1.13. The number of para-hydroxylation sites is 1. The summed E-state index contributed by atoms with van der Waals surface area (Å²) in [5, 5.41) is 13.1. The molecule has 96 valence electrons. The number of fused-ring (bicyclic) bond motifs is 3. The number of aromatic carboxylic acids is 1. The van der Waals surface area contributed by atoms with Crippen LogP contribution in [0.2, 0.25) is 0 Å². The Bertz CT molecular complexity index is 771. The fourth-order valence-corrected chi connectivity index (χ4v) is 2.65. The number of nitrogens with zero attached hydrogens (tertiary/aromatic N) is 1. The molecule has 3 heteroatoms. The molecule has 3 aromatic rings. The monoisotopic (exact) mass is 252 g/mol. The van der Waals surface area contributed by atoms with E-state index in [1.165, 1.54) is 0 Å². The first-order chi connectivity index (χ1) is 9.22. The summed E-state index contributed by atoms with van der Waals surface area (Å²) < 4.78 is 2.24. The van der Waals surface area contributed by atoms with E-state index in [1.807, 2.05) is 24.3 Å². The quantitative estimate of drug-likeness (QED) is 0.719. The number of hydrogen-bond donors (Lipinski definition) is 0. The van der Waals surface area contributed by atoms with Crippen molar-refractivity contribution in [2.75, 3.05) is 0 Å². The second kappa shape index (κ2) is 4.43. The summed E-state index contributed by atoms with van der Waals surface area (Å²) in [6.07, 6.45) is 1.04. The van der Waals surface area contributed by atoms with Crippen molar-refractivity contribution < 1.29 is 9.90 Å². The number of carbonyl (C=O) groups is 1. The number of rotatable bonds is 3. The molecule has 0 spiro atoms. The van der Waals surface area contributed by atoms with Crippen LogP contribution >= 0.6 is 0 Å². The summed E-state index contributed by atoms with van der Waals surface area (Å²) in [6.45, 7) is 3.06. The maximum atomic E-state index is 11.0. The molecular formula is C16H14NO2-. The predicted molar refractivity (Wildman–Crippen MR) is 74.1 cm³/mol. The Hall–Kier alpha value is -2.29. The number of aromatic nitrogens is 1. The molecule has 0 saturated carbocycles. The predicted octanol–water partition coefficient (Wildman–Crippen LogP) is 2.57. The number of aryl methyl sites for hydroxylation is 1. The second-order valence-electron chi connectivity index (χ2n) is 4.69. The lowest BCUT2D eigenvalue weighted by Gasteiger charge is -2.06. The summed E-state index contributed by atoms with van der Waals surface area (Å²) >= 11 is 0. The molecule has 0 radical (unpaired) electrons. The Labute approximate surface area is 111 Å². The van der Waals surface area contributed by atoms with Gasteiger partial charge in [-0.15, -0.1) is 0 Å². The van der Waals surface area contributed by atoms with Crippen LogP contribution in [0.5, 0.6) is 0 Å². The minimum Gasteiger partial charge on any atom is -0.545 e. The van der Waals surface area contributed by atoms with Crippen molar-refractivity contribution in [3.63, 3.8) is 0 Å². The zero-order valence-corrected chi connectivity index (χ0v) is 10.7. The summed E-state index contributed by atoms with van der Waals surface area (Å²) in [4.78, 5) is 11.0. The molecule has 0 unspecified atom stereocenters. The first-order valence-corrected chi connectivity index (χ1v) is 6.44. The van der Waals surface area contributed by atoms with Crippen molar-refractivity contribution in [1.82, 2.24) is 4.57 Å². The molecule has 0 fully saturated rings. The van der Waals surface area contributed by atoms with Gasteiger partial charge < -0.3 is 14.5 Å². The van der Waals surface area contributed by atoms with Crippen molar-refractivity contribution in [1.29, 1.82) is 0 Å². The van der Waals surface area contributed by atoms with Gasteiger partial charge in [0.1, 0.15) is 0 Å². The molecule has 3 rings (SSSR count). The largest absolute Gasteiger partial charge is 0.545 e. The van der Waals surface area contributed by atoms with Gasteiger partial charge >= 0.3 is 0 Å². The van der Waals surface area contributed by atoms with Gasteiger partial charge in [0.2, 0.25) is 0 Å². The van der Waals surface area contributed by atoms with Gasteiger partial charge in [-0.25, -0.2) is 0 Å². The standard InChI is InChI=1S/C16H15NO2/c1-2-9-17-14-6-4-3-5-12(14)13-10-11(16(18)19)7-8-15(13)17/h3-8,10H,2,9H2,1H3,(H,18,19)/p-1. The van der Waals surface area contributed by atoms with Crippen molar-refractivity contribution >= 4 is 27.8 Å². The SMILES string of the molecule is CCCn1c2ccccc2c2cc(C(=O)[O-])ccc21.